The van der Waals surface area contributed by atoms with Gasteiger partial charge in [0.25, 0.3) is 10.0 Å². The third-order valence-electron chi connectivity index (χ3n) is 4.10. The lowest BCUT2D eigenvalue weighted by Crippen LogP contribution is -2.36. The van der Waals surface area contributed by atoms with Crippen molar-refractivity contribution < 1.29 is 8.42 Å². The zero-order valence-electron chi connectivity index (χ0n) is 12.7. The van der Waals surface area contributed by atoms with Crippen molar-refractivity contribution >= 4 is 15.7 Å². The molecule has 2 aromatic rings. The molecule has 2 heterocycles. The van der Waals surface area contributed by atoms with Gasteiger partial charge in [0.05, 0.1) is 17.1 Å². The van der Waals surface area contributed by atoms with Crippen LogP contribution < -0.4 is 4.31 Å². The molecular weight excluding hydrogens is 286 g/mol. The molecule has 1 aliphatic heterocycles. The summed E-state index contributed by atoms with van der Waals surface area (Å²) in [5.74, 6) is 0. The molecule has 5 nitrogen and oxygen atoms in total. The van der Waals surface area contributed by atoms with E-state index in [4.69, 9.17) is 0 Å². The summed E-state index contributed by atoms with van der Waals surface area (Å²) < 4.78 is 29.4. The van der Waals surface area contributed by atoms with E-state index in [9.17, 15) is 8.42 Å². The third kappa shape index (κ3) is 1.97. The molecule has 1 aliphatic rings. The number of anilines is 1. The molecule has 1 aromatic heterocycles. The fourth-order valence-electron chi connectivity index (χ4n) is 3.13. The number of hydrogen-bond acceptors (Lipinski definition) is 3. The van der Waals surface area contributed by atoms with Crippen molar-refractivity contribution in [2.45, 2.75) is 38.1 Å². The molecule has 1 atom stereocenters. The van der Waals surface area contributed by atoms with Gasteiger partial charge in [0, 0.05) is 13.1 Å². The molecule has 0 spiro atoms. The van der Waals surface area contributed by atoms with E-state index >= 15 is 0 Å². The standard InChI is InChI=1S/C15H19N3O2S/c1-10-9-13-7-5-6-8-14(13)18(10)21(19,20)15-11(2)16-17(4)12(15)3/h5-8,10H,9H2,1-4H3. The van der Waals surface area contributed by atoms with Crippen LogP contribution in [0.15, 0.2) is 29.2 Å². The van der Waals surface area contributed by atoms with Crippen molar-refractivity contribution in [1.82, 2.24) is 9.78 Å². The molecular formula is C15H19N3O2S. The minimum absolute atomic E-state index is 0.0774. The Bertz CT molecular complexity index is 808. The van der Waals surface area contributed by atoms with Gasteiger partial charge in [-0.2, -0.15) is 5.10 Å². The van der Waals surface area contributed by atoms with Gasteiger partial charge in [-0.15, -0.1) is 0 Å². The van der Waals surface area contributed by atoms with Crippen LogP contribution in [-0.2, 0) is 23.5 Å². The molecule has 0 saturated heterocycles. The highest BCUT2D eigenvalue weighted by Crippen LogP contribution is 2.37. The molecule has 1 aromatic carbocycles. The Balaban J connectivity index is 2.20. The second-order valence-electron chi connectivity index (χ2n) is 5.61. The summed E-state index contributed by atoms with van der Waals surface area (Å²) >= 11 is 0. The molecule has 0 N–H and O–H groups in total. The number of nitrogens with zero attached hydrogens (tertiary/aromatic N) is 3. The maximum Gasteiger partial charge on any atom is 0.268 e. The van der Waals surface area contributed by atoms with Gasteiger partial charge in [0.1, 0.15) is 4.90 Å². The van der Waals surface area contributed by atoms with Crippen molar-refractivity contribution in [1.29, 1.82) is 0 Å². The number of rotatable bonds is 2. The summed E-state index contributed by atoms with van der Waals surface area (Å²) in [6, 6.07) is 7.61. The van der Waals surface area contributed by atoms with Gasteiger partial charge in [0.2, 0.25) is 0 Å². The topological polar surface area (TPSA) is 55.2 Å². The highest BCUT2D eigenvalue weighted by Gasteiger charge is 2.38. The minimum Gasteiger partial charge on any atom is -0.271 e. The van der Waals surface area contributed by atoms with Crippen LogP contribution in [0, 0.1) is 13.8 Å². The van der Waals surface area contributed by atoms with Crippen LogP contribution in [0.2, 0.25) is 0 Å². The zero-order valence-corrected chi connectivity index (χ0v) is 13.5. The fraction of sp³-hybridized carbons (Fsp3) is 0.400. The number of sulfonamides is 1. The molecule has 112 valence electrons. The monoisotopic (exact) mass is 305 g/mol. The van der Waals surface area contributed by atoms with Crippen molar-refractivity contribution in [3.63, 3.8) is 0 Å². The zero-order chi connectivity index (χ0) is 15.4. The summed E-state index contributed by atoms with van der Waals surface area (Å²) in [7, 11) is -1.83. The predicted molar refractivity (Wildman–Crippen MR) is 82.0 cm³/mol. The summed E-state index contributed by atoms with van der Waals surface area (Å²) in [5.41, 5.74) is 3.08. The molecule has 0 radical (unpaired) electrons. The van der Waals surface area contributed by atoms with Crippen LogP contribution in [0.5, 0.6) is 0 Å². The van der Waals surface area contributed by atoms with E-state index in [1.165, 1.54) is 0 Å². The molecule has 0 bridgehead atoms. The Morgan fingerprint density at radius 2 is 1.90 bits per heavy atom. The minimum atomic E-state index is -3.59. The second-order valence-corrected chi connectivity index (χ2v) is 7.36. The first kappa shape index (κ1) is 14.1. The molecule has 1 unspecified atom stereocenters. The van der Waals surface area contributed by atoms with Crippen LogP contribution in [0.25, 0.3) is 0 Å². The summed E-state index contributed by atoms with van der Waals surface area (Å²) in [4.78, 5) is 0.327. The number of fused-ring (bicyclic) bond motifs is 1. The highest BCUT2D eigenvalue weighted by molar-refractivity contribution is 7.93. The molecule has 0 amide bonds. The fourth-order valence-corrected chi connectivity index (χ4v) is 5.23. The number of hydrogen-bond donors (Lipinski definition) is 0. The van der Waals surface area contributed by atoms with Gasteiger partial charge in [0.15, 0.2) is 0 Å². The van der Waals surface area contributed by atoms with Crippen LogP contribution in [-0.4, -0.2) is 24.2 Å². The van der Waals surface area contributed by atoms with Crippen LogP contribution in [0.4, 0.5) is 5.69 Å². The van der Waals surface area contributed by atoms with E-state index in [-0.39, 0.29) is 6.04 Å². The third-order valence-corrected chi connectivity index (χ3v) is 6.29. The molecule has 6 heteroatoms. The maximum atomic E-state index is 13.1. The van der Waals surface area contributed by atoms with Gasteiger partial charge in [-0.1, -0.05) is 18.2 Å². The van der Waals surface area contributed by atoms with Crippen molar-refractivity contribution in [3.05, 3.63) is 41.2 Å². The van der Waals surface area contributed by atoms with Gasteiger partial charge < -0.3 is 0 Å². The van der Waals surface area contributed by atoms with Gasteiger partial charge >= 0.3 is 0 Å². The van der Waals surface area contributed by atoms with Gasteiger partial charge in [-0.3, -0.25) is 8.99 Å². The first-order valence-corrected chi connectivity index (χ1v) is 8.40. The average molecular weight is 305 g/mol. The van der Waals surface area contributed by atoms with Gasteiger partial charge in [-0.25, -0.2) is 8.42 Å². The van der Waals surface area contributed by atoms with Crippen molar-refractivity contribution in [3.8, 4) is 0 Å². The lowest BCUT2D eigenvalue weighted by Gasteiger charge is -2.24. The Morgan fingerprint density at radius 1 is 1.24 bits per heavy atom. The van der Waals surface area contributed by atoms with Crippen molar-refractivity contribution in [2.24, 2.45) is 7.05 Å². The molecule has 0 aliphatic carbocycles. The Morgan fingerprint density at radius 3 is 2.52 bits per heavy atom. The lowest BCUT2D eigenvalue weighted by atomic mass is 10.1. The summed E-state index contributed by atoms with van der Waals surface area (Å²) in [6.07, 6.45) is 0.744. The lowest BCUT2D eigenvalue weighted by molar-refractivity contribution is 0.582. The molecule has 0 fully saturated rings. The first-order valence-electron chi connectivity index (χ1n) is 6.96. The predicted octanol–water partition coefficient (Wildman–Crippen LogP) is 2.18. The quantitative estimate of drug-likeness (QED) is 0.854. The van der Waals surface area contributed by atoms with Crippen molar-refractivity contribution in [2.75, 3.05) is 4.31 Å². The number of aromatic nitrogens is 2. The average Bonchev–Trinajstić information content (AvgIpc) is 2.86. The first-order chi connectivity index (χ1) is 9.84. The van der Waals surface area contributed by atoms with E-state index in [2.05, 4.69) is 5.10 Å². The Labute approximate surface area is 125 Å². The maximum absolute atomic E-state index is 13.1. The van der Waals surface area contributed by atoms with Gasteiger partial charge in [-0.05, 0) is 38.8 Å². The second kappa shape index (κ2) is 4.59. The number of aryl methyl sites for hydroxylation is 2. The normalized spacial score (nSPS) is 18.1. The Hall–Kier alpha value is -1.82. The Kier molecular flexibility index (Phi) is 3.09. The molecule has 0 saturated carbocycles. The van der Waals surface area contributed by atoms with E-state index < -0.39 is 10.0 Å². The van der Waals surface area contributed by atoms with Crippen LogP contribution in [0.1, 0.15) is 23.9 Å². The van der Waals surface area contributed by atoms with E-state index in [0.29, 0.717) is 16.3 Å². The largest absolute Gasteiger partial charge is 0.271 e. The smallest absolute Gasteiger partial charge is 0.268 e. The van der Waals surface area contributed by atoms with E-state index in [1.807, 2.05) is 31.2 Å². The highest BCUT2D eigenvalue weighted by atomic mass is 32.2. The van der Waals surface area contributed by atoms with E-state index in [1.54, 1.807) is 29.9 Å². The van der Waals surface area contributed by atoms with Crippen LogP contribution in [0.3, 0.4) is 0 Å². The SMILES string of the molecule is Cc1nn(C)c(C)c1S(=O)(=O)N1c2ccccc2CC1C. The van der Waals surface area contributed by atoms with E-state index in [0.717, 1.165) is 17.7 Å². The number of para-hydroxylation sites is 1. The van der Waals surface area contributed by atoms with Crippen LogP contribution >= 0.6 is 0 Å². The molecule has 3 rings (SSSR count). The summed E-state index contributed by atoms with van der Waals surface area (Å²) in [5, 5.41) is 4.24. The summed E-state index contributed by atoms with van der Waals surface area (Å²) in [6.45, 7) is 5.48. The molecule has 21 heavy (non-hydrogen) atoms. The number of benzene rings is 1.